The third-order valence-electron chi connectivity index (χ3n) is 8.02. The van der Waals surface area contributed by atoms with Gasteiger partial charge in [-0.2, -0.15) is 0 Å². The normalized spacial score (nSPS) is 22.9. The summed E-state index contributed by atoms with van der Waals surface area (Å²) in [5.74, 6) is -1.15. The van der Waals surface area contributed by atoms with Crippen LogP contribution in [0, 0.1) is 23.7 Å². The number of aliphatic carboxylic acids is 1. The van der Waals surface area contributed by atoms with Crippen LogP contribution in [-0.4, -0.2) is 39.9 Å². The van der Waals surface area contributed by atoms with Crippen molar-refractivity contribution in [3.8, 4) is 0 Å². The topological polar surface area (TPSA) is 121 Å². The number of hydrogen-bond acceptors (Lipinski definition) is 5. The molecule has 0 aromatic heterocycles. The minimum Gasteiger partial charge on any atom is -0.481 e. The van der Waals surface area contributed by atoms with Crippen LogP contribution >= 0.6 is 0 Å². The molecule has 2 fully saturated rings. The van der Waals surface area contributed by atoms with Crippen molar-refractivity contribution in [2.24, 2.45) is 23.7 Å². The molecular formula is C31H55NO6. The molecule has 220 valence electrons. The number of carboxylic acid groups (broad SMARTS) is 1. The quantitative estimate of drug-likeness (QED) is 0.142. The second-order valence-electron chi connectivity index (χ2n) is 11.9. The first-order valence-electron chi connectivity index (χ1n) is 15.4. The molecular weight excluding hydrogens is 482 g/mol. The number of carbonyl (C=O) groups is 4. The van der Waals surface area contributed by atoms with Crippen LogP contribution in [-0.2, 0) is 19.2 Å². The molecule has 2 amide bonds. The number of Topliss-reactive ketones (excluding diaryl/α,β-unsaturated/α-hetero) is 1. The smallest absolute Gasteiger partial charge is 0.303 e. The van der Waals surface area contributed by atoms with E-state index in [9.17, 15) is 24.3 Å². The van der Waals surface area contributed by atoms with Crippen molar-refractivity contribution in [2.75, 3.05) is 0 Å². The maximum Gasteiger partial charge on any atom is 0.303 e. The van der Waals surface area contributed by atoms with Crippen molar-refractivity contribution in [1.82, 2.24) is 5.32 Å². The second-order valence-corrected chi connectivity index (χ2v) is 11.9. The first-order valence-corrected chi connectivity index (χ1v) is 15.4. The van der Waals surface area contributed by atoms with Crippen molar-refractivity contribution in [3.05, 3.63) is 0 Å². The van der Waals surface area contributed by atoms with E-state index in [0.29, 0.717) is 25.2 Å². The molecule has 0 unspecified atom stereocenters. The lowest BCUT2D eigenvalue weighted by Crippen LogP contribution is -2.42. The summed E-state index contributed by atoms with van der Waals surface area (Å²) in [6.45, 7) is 6.27. The van der Waals surface area contributed by atoms with E-state index in [0.717, 1.165) is 19.3 Å². The summed E-state index contributed by atoms with van der Waals surface area (Å²) < 4.78 is 0. The number of amides is 2. The number of imide groups is 1. The molecule has 1 saturated carbocycles. The number of aliphatic hydroxyl groups is 1. The van der Waals surface area contributed by atoms with Crippen molar-refractivity contribution in [3.63, 3.8) is 0 Å². The number of rotatable bonds is 17. The van der Waals surface area contributed by atoms with Crippen LogP contribution in [0.5, 0.6) is 0 Å². The molecule has 1 heterocycles. The SMILES string of the molecule is CCCCCCCCCCCCCCCC(=O)O.C[C@@H]1C[C@@H]([C@H](O)CC2CC(=O)NC(=O)C2)C(=O)[C@@H](C)C1. The Kier molecular flexibility index (Phi) is 18.2. The van der Waals surface area contributed by atoms with E-state index in [2.05, 4.69) is 19.2 Å². The summed E-state index contributed by atoms with van der Waals surface area (Å²) in [6, 6.07) is 0. The fourth-order valence-corrected chi connectivity index (χ4v) is 5.90. The van der Waals surface area contributed by atoms with E-state index in [4.69, 9.17) is 5.11 Å². The number of hydrogen-bond donors (Lipinski definition) is 3. The van der Waals surface area contributed by atoms with Crippen LogP contribution in [0.1, 0.15) is 143 Å². The molecule has 2 rings (SSSR count). The van der Waals surface area contributed by atoms with E-state index in [1.54, 1.807) is 0 Å². The van der Waals surface area contributed by atoms with Gasteiger partial charge >= 0.3 is 5.97 Å². The summed E-state index contributed by atoms with van der Waals surface area (Å²) in [5, 5.41) is 21.1. The van der Waals surface area contributed by atoms with Gasteiger partial charge in [-0.3, -0.25) is 24.5 Å². The number of nitrogens with one attached hydrogen (secondary N) is 1. The summed E-state index contributed by atoms with van der Waals surface area (Å²) >= 11 is 0. The molecule has 7 nitrogen and oxygen atoms in total. The van der Waals surface area contributed by atoms with Gasteiger partial charge in [0, 0.05) is 31.1 Å². The van der Waals surface area contributed by atoms with E-state index in [-0.39, 0.29) is 48.2 Å². The van der Waals surface area contributed by atoms with E-state index in [1.807, 2.05) is 6.92 Å². The molecule has 0 aromatic carbocycles. The Labute approximate surface area is 230 Å². The first-order chi connectivity index (χ1) is 18.1. The lowest BCUT2D eigenvalue weighted by molar-refractivity contribution is -0.138. The number of ketones is 1. The van der Waals surface area contributed by atoms with Gasteiger partial charge in [-0.15, -0.1) is 0 Å². The highest BCUT2D eigenvalue weighted by Crippen LogP contribution is 2.34. The molecule has 2 aliphatic rings. The van der Waals surface area contributed by atoms with Gasteiger partial charge in [0.2, 0.25) is 11.8 Å². The highest BCUT2D eigenvalue weighted by atomic mass is 16.4. The maximum atomic E-state index is 12.2. The number of piperidine rings is 1. The van der Waals surface area contributed by atoms with Gasteiger partial charge in [0.1, 0.15) is 5.78 Å². The minimum absolute atomic E-state index is 0.00492. The Balaban J connectivity index is 0.000000383. The Hall–Kier alpha value is -1.76. The first kappa shape index (κ1) is 34.3. The molecule has 0 spiro atoms. The van der Waals surface area contributed by atoms with Crippen molar-refractivity contribution in [1.29, 1.82) is 0 Å². The van der Waals surface area contributed by atoms with Crippen LogP contribution in [0.3, 0.4) is 0 Å². The van der Waals surface area contributed by atoms with Gasteiger partial charge in [0.25, 0.3) is 0 Å². The zero-order chi connectivity index (χ0) is 28.3. The zero-order valence-corrected chi connectivity index (χ0v) is 24.3. The molecule has 3 N–H and O–H groups in total. The third-order valence-corrected chi connectivity index (χ3v) is 8.02. The van der Waals surface area contributed by atoms with Crippen LogP contribution in [0.15, 0.2) is 0 Å². The lowest BCUT2D eigenvalue weighted by Gasteiger charge is -2.34. The van der Waals surface area contributed by atoms with E-state index >= 15 is 0 Å². The third kappa shape index (κ3) is 15.6. The molecule has 0 aromatic rings. The molecule has 1 aliphatic carbocycles. The summed E-state index contributed by atoms with van der Waals surface area (Å²) in [4.78, 5) is 45.1. The largest absolute Gasteiger partial charge is 0.481 e. The molecule has 0 radical (unpaired) electrons. The minimum atomic E-state index is -0.739. The van der Waals surface area contributed by atoms with Gasteiger partial charge in [-0.1, -0.05) is 97.8 Å². The van der Waals surface area contributed by atoms with Crippen molar-refractivity contribution < 1.29 is 29.4 Å². The Bertz CT molecular complexity index is 692. The van der Waals surface area contributed by atoms with Gasteiger partial charge < -0.3 is 10.2 Å². The van der Waals surface area contributed by atoms with Crippen LogP contribution in [0.2, 0.25) is 0 Å². The average Bonchev–Trinajstić information content (AvgIpc) is 2.84. The number of carboxylic acids is 1. The monoisotopic (exact) mass is 537 g/mol. The van der Waals surface area contributed by atoms with Crippen molar-refractivity contribution in [2.45, 2.75) is 149 Å². The van der Waals surface area contributed by atoms with Crippen LogP contribution in [0.4, 0.5) is 0 Å². The maximum absolute atomic E-state index is 12.2. The highest BCUT2D eigenvalue weighted by molar-refractivity contribution is 5.97. The molecule has 7 heteroatoms. The molecule has 1 saturated heterocycles. The molecule has 1 aliphatic heterocycles. The highest BCUT2D eigenvalue weighted by Gasteiger charge is 2.38. The van der Waals surface area contributed by atoms with Gasteiger partial charge in [0.15, 0.2) is 0 Å². The number of unbranched alkanes of at least 4 members (excludes halogenated alkanes) is 12. The van der Waals surface area contributed by atoms with Gasteiger partial charge in [-0.25, -0.2) is 0 Å². The average molecular weight is 538 g/mol. The Morgan fingerprint density at radius 3 is 1.76 bits per heavy atom. The second kappa shape index (κ2) is 20.2. The summed E-state index contributed by atoms with van der Waals surface area (Å²) in [6.07, 6.45) is 19.0. The molecule has 38 heavy (non-hydrogen) atoms. The predicted octanol–water partition coefficient (Wildman–Crippen LogP) is 6.59. The van der Waals surface area contributed by atoms with Crippen LogP contribution in [0.25, 0.3) is 0 Å². The number of carbonyl (C=O) groups excluding carboxylic acids is 3. The fourth-order valence-electron chi connectivity index (χ4n) is 5.90. The van der Waals surface area contributed by atoms with Crippen LogP contribution < -0.4 is 5.32 Å². The molecule has 4 atom stereocenters. The fraction of sp³-hybridized carbons (Fsp3) is 0.871. The Morgan fingerprint density at radius 1 is 0.816 bits per heavy atom. The number of aliphatic hydroxyl groups excluding tert-OH is 1. The summed E-state index contributed by atoms with van der Waals surface area (Å²) in [7, 11) is 0. The predicted molar refractivity (Wildman–Crippen MR) is 151 cm³/mol. The standard InChI is InChI=1S/C16H32O2.C15H23NO4/c1-2-3-4-5-6-7-8-9-10-11-12-13-14-15-16(17)18;1-8-3-9(2)15(20)11(4-8)12(17)5-10-6-13(18)16-14(19)7-10/h2-15H2,1H3,(H,17,18);8-12,17H,3-7H2,1-2H3,(H,16,18,19)/t;8-,9-,11-,12+/m.0/s1. The van der Waals surface area contributed by atoms with Crippen molar-refractivity contribution >= 4 is 23.6 Å². The van der Waals surface area contributed by atoms with Gasteiger partial charge in [-0.05, 0) is 37.5 Å². The van der Waals surface area contributed by atoms with E-state index < -0.39 is 12.1 Å². The zero-order valence-electron chi connectivity index (χ0n) is 24.3. The van der Waals surface area contributed by atoms with Gasteiger partial charge in [0.05, 0.1) is 6.10 Å². The summed E-state index contributed by atoms with van der Waals surface area (Å²) in [5.41, 5.74) is 0. The lowest BCUT2D eigenvalue weighted by atomic mass is 9.71. The molecule has 0 bridgehead atoms. The van der Waals surface area contributed by atoms with E-state index in [1.165, 1.54) is 70.6 Å². The Morgan fingerprint density at radius 2 is 1.29 bits per heavy atom.